The summed E-state index contributed by atoms with van der Waals surface area (Å²) in [6, 6.07) is 6.83. The average Bonchev–Trinajstić information content (AvgIpc) is 2.66. The largest absolute Gasteiger partial charge is 0.372 e. The highest BCUT2D eigenvalue weighted by atomic mass is 32.2. The van der Waals surface area contributed by atoms with E-state index in [1.165, 1.54) is 12.3 Å². The quantitative estimate of drug-likeness (QED) is 0.740. The highest BCUT2D eigenvalue weighted by molar-refractivity contribution is 7.99. The molecule has 1 fully saturated rings. The van der Waals surface area contributed by atoms with E-state index in [2.05, 4.69) is 20.2 Å². The first-order valence-corrected chi connectivity index (χ1v) is 9.83. The minimum Gasteiger partial charge on any atom is -0.372 e. The zero-order valence-electron chi connectivity index (χ0n) is 15.6. The summed E-state index contributed by atoms with van der Waals surface area (Å²) in [5, 5.41) is 2.74. The van der Waals surface area contributed by atoms with Gasteiger partial charge in [-0.15, -0.1) is 0 Å². The van der Waals surface area contributed by atoms with Crippen LogP contribution in [0.4, 0.5) is 14.6 Å². The van der Waals surface area contributed by atoms with Crippen LogP contribution in [-0.4, -0.2) is 46.9 Å². The Morgan fingerprint density at radius 2 is 2.04 bits per heavy atom. The van der Waals surface area contributed by atoms with Gasteiger partial charge in [0.1, 0.15) is 10.8 Å². The highest BCUT2D eigenvalue weighted by Gasteiger charge is 2.23. The standard InChI is InChI=1S/C19H22F2N4O2S/c1-12-10-25(11-13(2)27-12)16-6-5-14(8-23-16)9-24-17(26)15-4-3-7-22-18(15)28-19(20)21/h3-8,12-13,19H,9-11H2,1-2H3,(H,24,26). The summed E-state index contributed by atoms with van der Waals surface area (Å²) in [6.07, 6.45) is 3.38. The summed E-state index contributed by atoms with van der Waals surface area (Å²) < 4.78 is 31.0. The number of aromatic nitrogens is 2. The normalized spacial score (nSPS) is 19.7. The van der Waals surface area contributed by atoms with E-state index in [-0.39, 0.29) is 41.1 Å². The highest BCUT2D eigenvalue weighted by Crippen LogP contribution is 2.26. The van der Waals surface area contributed by atoms with Crippen molar-refractivity contribution in [2.75, 3.05) is 18.0 Å². The number of halogens is 2. The summed E-state index contributed by atoms with van der Waals surface area (Å²) in [6.45, 7) is 5.87. The van der Waals surface area contributed by atoms with Gasteiger partial charge in [-0.05, 0) is 49.4 Å². The Labute approximate surface area is 166 Å². The number of nitrogens with one attached hydrogen (secondary N) is 1. The van der Waals surface area contributed by atoms with Crippen LogP contribution in [-0.2, 0) is 11.3 Å². The van der Waals surface area contributed by atoms with E-state index in [9.17, 15) is 13.6 Å². The van der Waals surface area contributed by atoms with E-state index >= 15 is 0 Å². The third-order valence-corrected chi connectivity index (χ3v) is 4.95. The van der Waals surface area contributed by atoms with E-state index in [0.29, 0.717) is 0 Å². The molecule has 0 spiro atoms. The maximum Gasteiger partial charge on any atom is 0.290 e. The fourth-order valence-corrected chi connectivity index (χ4v) is 3.67. The monoisotopic (exact) mass is 408 g/mol. The lowest BCUT2D eigenvalue weighted by Gasteiger charge is -2.36. The molecule has 1 saturated heterocycles. The third kappa shape index (κ3) is 5.39. The summed E-state index contributed by atoms with van der Waals surface area (Å²) in [4.78, 5) is 22.9. The topological polar surface area (TPSA) is 67.4 Å². The molecule has 3 rings (SSSR count). The lowest BCUT2D eigenvalue weighted by Crippen LogP contribution is -2.45. The smallest absolute Gasteiger partial charge is 0.290 e. The van der Waals surface area contributed by atoms with Gasteiger partial charge in [0.2, 0.25) is 0 Å². The second-order valence-electron chi connectivity index (χ2n) is 6.60. The molecule has 28 heavy (non-hydrogen) atoms. The van der Waals surface area contributed by atoms with Crippen molar-refractivity contribution in [3.63, 3.8) is 0 Å². The number of anilines is 1. The predicted molar refractivity (Wildman–Crippen MR) is 104 cm³/mol. The number of pyridine rings is 2. The number of rotatable bonds is 6. The predicted octanol–water partition coefficient (Wildman–Crippen LogP) is 3.33. The number of morpholine rings is 1. The number of thioether (sulfide) groups is 1. The molecule has 2 atom stereocenters. The molecule has 2 unspecified atom stereocenters. The fraction of sp³-hybridized carbons (Fsp3) is 0.421. The Kier molecular flexibility index (Phi) is 6.79. The van der Waals surface area contributed by atoms with Crippen LogP contribution >= 0.6 is 11.8 Å². The van der Waals surface area contributed by atoms with E-state index in [0.717, 1.165) is 24.5 Å². The minimum atomic E-state index is -2.64. The zero-order valence-corrected chi connectivity index (χ0v) is 16.5. The van der Waals surface area contributed by atoms with E-state index in [4.69, 9.17) is 4.74 Å². The molecule has 1 N–H and O–H groups in total. The molecule has 0 saturated carbocycles. The van der Waals surface area contributed by atoms with Crippen molar-refractivity contribution >= 4 is 23.5 Å². The van der Waals surface area contributed by atoms with Crippen molar-refractivity contribution in [1.82, 2.24) is 15.3 Å². The van der Waals surface area contributed by atoms with Crippen LogP contribution in [0.3, 0.4) is 0 Å². The van der Waals surface area contributed by atoms with Gasteiger partial charge in [0.05, 0.1) is 17.8 Å². The Morgan fingerprint density at radius 3 is 2.68 bits per heavy atom. The molecule has 2 aromatic rings. The summed E-state index contributed by atoms with van der Waals surface area (Å²) >= 11 is 0.260. The molecule has 9 heteroatoms. The van der Waals surface area contributed by atoms with Gasteiger partial charge in [0, 0.05) is 32.0 Å². The third-order valence-electron chi connectivity index (χ3n) is 4.22. The maximum absolute atomic E-state index is 12.6. The van der Waals surface area contributed by atoms with Crippen molar-refractivity contribution in [1.29, 1.82) is 0 Å². The van der Waals surface area contributed by atoms with Crippen molar-refractivity contribution in [2.45, 2.75) is 43.4 Å². The first-order chi connectivity index (χ1) is 13.4. The van der Waals surface area contributed by atoms with Crippen LogP contribution < -0.4 is 10.2 Å². The molecule has 0 bridgehead atoms. The molecule has 1 aliphatic heterocycles. The molecule has 0 radical (unpaired) electrons. The molecule has 150 valence electrons. The maximum atomic E-state index is 12.6. The number of ether oxygens (including phenoxy) is 1. The number of hydrogen-bond acceptors (Lipinski definition) is 6. The zero-order chi connectivity index (χ0) is 20.1. The van der Waals surface area contributed by atoms with Crippen LogP contribution in [0.2, 0.25) is 0 Å². The molecule has 0 aromatic carbocycles. The van der Waals surface area contributed by atoms with E-state index < -0.39 is 11.7 Å². The average molecular weight is 408 g/mol. The van der Waals surface area contributed by atoms with Gasteiger partial charge >= 0.3 is 0 Å². The van der Waals surface area contributed by atoms with Gasteiger partial charge in [-0.25, -0.2) is 9.97 Å². The van der Waals surface area contributed by atoms with Crippen LogP contribution in [0.15, 0.2) is 41.7 Å². The summed E-state index contributed by atoms with van der Waals surface area (Å²) in [7, 11) is 0. The van der Waals surface area contributed by atoms with Gasteiger partial charge in [-0.3, -0.25) is 4.79 Å². The number of hydrogen-bond donors (Lipinski definition) is 1. The molecular weight excluding hydrogens is 386 g/mol. The van der Waals surface area contributed by atoms with Crippen molar-refractivity contribution in [2.24, 2.45) is 0 Å². The van der Waals surface area contributed by atoms with Crippen LogP contribution in [0.25, 0.3) is 0 Å². The van der Waals surface area contributed by atoms with Crippen molar-refractivity contribution in [3.05, 3.63) is 47.8 Å². The number of amides is 1. The second kappa shape index (κ2) is 9.29. The second-order valence-corrected chi connectivity index (χ2v) is 7.58. The first kappa shape index (κ1) is 20.5. The molecule has 3 heterocycles. The molecular formula is C19H22F2N4O2S. The lowest BCUT2D eigenvalue weighted by molar-refractivity contribution is -0.00546. The lowest BCUT2D eigenvalue weighted by atomic mass is 10.2. The van der Waals surface area contributed by atoms with E-state index in [1.54, 1.807) is 12.3 Å². The molecule has 1 aliphatic rings. The van der Waals surface area contributed by atoms with Gasteiger partial charge < -0.3 is 15.0 Å². The first-order valence-electron chi connectivity index (χ1n) is 8.95. The van der Waals surface area contributed by atoms with Crippen molar-refractivity contribution < 1.29 is 18.3 Å². The van der Waals surface area contributed by atoms with E-state index in [1.807, 2.05) is 26.0 Å². The van der Waals surface area contributed by atoms with Gasteiger partial charge in [0.15, 0.2) is 0 Å². The number of alkyl halides is 2. The van der Waals surface area contributed by atoms with Gasteiger partial charge in [-0.2, -0.15) is 8.78 Å². The fourth-order valence-electron chi connectivity index (χ4n) is 3.09. The van der Waals surface area contributed by atoms with Crippen molar-refractivity contribution in [3.8, 4) is 0 Å². The van der Waals surface area contributed by atoms with Crippen LogP contribution in [0, 0.1) is 0 Å². The SMILES string of the molecule is CC1CN(c2ccc(CNC(=O)c3cccnc3SC(F)F)cn2)CC(C)O1. The van der Waals surface area contributed by atoms with Crippen LogP contribution in [0.5, 0.6) is 0 Å². The molecule has 0 aliphatic carbocycles. The minimum absolute atomic E-state index is 0.0130. The number of carbonyl (C=O) groups is 1. The number of carbonyl (C=O) groups excluding carboxylic acids is 1. The summed E-state index contributed by atoms with van der Waals surface area (Å²) in [5.74, 6) is -2.22. The van der Waals surface area contributed by atoms with Crippen LogP contribution in [0.1, 0.15) is 29.8 Å². The Bertz CT molecular complexity index is 797. The summed E-state index contributed by atoms with van der Waals surface area (Å²) in [5.41, 5.74) is 0.951. The molecule has 1 amide bonds. The Balaban J connectivity index is 1.60. The van der Waals surface area contributed by atoms with Gasteiger partial charge in [0.25, 0.3) is 11.7 Å². The number of nitrogens with zero attached hydrogens (tertiary/aromatic N) is 3. The Hall–Kier alpha value is -2.26. The van der Waals surface area contributed by atoms with Gasteiger partial charge in [-0.1, -0.05) is 6.07 Å². The Morgan fingerprint density at radius 1 is 1.29 bits per heavy atom. The molecule has 2 aromatic heterocycles. The molecule has 6 nitrogen and oxygen atoms in total.